The molecule has 2 amide bonds. The number of rotatable bonds is 24. The smallest absolute Gasteiger partial charge is 0.315 e. The van der Waals surface area contributed by atoms with Crippen LogP contribution in [0.5, 0.6) is 0 Å². The Bertz CT molecular complexity index is 1880. The number of urea groups is 1. The zero-order chi connectivity index (χ0) is 40.4. The number of hydrogen-bond acceptors (Lipinski definition) is 11. The van der Waals surface area contributed by atoms with Gasteiger partial charge in [-0.1, -0.05) is 30.2 Å². The third kappa shape index (κ3) is 11.3. The summed E-state index contributed by atoms with van der Waals surface area (Å²) >= 11 is 9.85. The highest BCUT2D eigenvalue weighted by atomic mass is 35.5. The van der Waals surface area contributed by atoms with Gasteiger partial charge in [0.05, 0.1) is 43.7 Å². The summed E-state index contributed by atoms with van der Waals surface area (Å²) in [5.74, 6) is 2.86. The third-order valence-electron chi connectivity index (χ3n) is 11.0. The van der Waals surface area contributed by atoms with Crippen molar-refractivity contribution in [3.8, 4) is 5.00 Å². The first-order valence-electron chi connectivity index (χ1n) is 20.4. The van der Waals surface area contributed by atoms with Crippen LogP contribution in [0.4, 0.5) is 4.79 Å². The van der Waals surface area contributed by atoms with Gasteiger partial charge in [0, 0.05) is 70.9 Å². The van der Waals surface area contributed by atoms with Gasteiger partial charge >= 0.3 is 6.03 Å². The fourth-order valence-corrected chi connectivity index (χ4v) is 10.8. The number of aliphatic imine (C=N–C) groups is 1. The second-order valence-electron chi connectivity index (χ2n) is 15.5. The van der Waals surface area contributed by atoms with E-state index in [-0.39, 0.29) is 29.8 Å². The molecule has 3 aliphatic heterocycles. The first-order valence-corrected chi connectivity index (χ1v) is 22.6. The summed E-state index contributed by atoms with van der Waals surface area (Å²) in [5, 5.41) is 17.1. The summed E-state index contributed by atoms with van der Waals surface area (Å²) in [4.78, 5) is 43.8. The zero-order valence-electron chi connectivity index (χ0n) is 33.7. The van der Waals surface area contributed by atoms with Crippen LogP contribution in [0.15, 0.2) is 29.3 Å². The Balaban J connectivity index is 0.784. The molecule has 2 N–H and O–H groups in total. The van der Waals surface area contributed by atoms with Crippen LogP contribution in [0.3, 0.4) is 0 Å². The molecule has 0 bridgehead atoms. The van der Waals surface area contributed by atoms with Crippen LogP contribution >= 0.6 is 34.7 Å². The molecule has 2 saturated heterocycles. The van der Waals surface area contributed by atoms with Crippen LogP contribution in [0.25, 0.3) is 5.00 Å². The lowest BCUT2D eigenvalue weighted by atomic mass is 9.92. The number of aryl methyl sites for hydroxylation is 2. The summed E-state index contributed by atoms with van der Waals surface area (Å²) < 4.78 is 19.1. The molecule has 5 heterocycles. The number of carbonyl (C=O) groups is 3. The van der Waals surface area contributed by atoms with Gasteiger partial charge in [-0.25, -0.2) is 4.79 Å². The van der Waals surface area contributed by atoms with Crippen molar-refractivity contribution in [3.63, 3.8) is 0 Å². The number of hydrogen-bond donors (Lipinski definition) is 2. The molecule has 3 aromatic rings. The van der Waals surface area contributed by atoms with E-state index in [1.807, 2.05) is 43.0 Å². The summed E-state index contributed by atoms with van der Waals surface area (Å²) in [6, 6.07) is 7.38. The number of fused-ring (bicyclic) bond motifs is 4. The van der Waals surface area contributed by atoms with Gasteiger partial charge in [-0.3, -0.25) is 19.1 Å². The lowest BCUT2D eigenvalue weighted by Crippen LogP contribution is -2.47. The van der Waals surface area contributed by atoms with E-state index < -0.39 is 6.04 Å². The van der Waals surface area contributed by atoms with Crippen LogP contribution in [0.2, 0.25) is 5.02 Å². The molecule has 1 aromatic carbocycles. The van der Waals surface area contributed by atoms with Crippen LogP contribution < -0.4 is 10.6 Å². The molecule has 2 aromatic heterocycles. The molecule has 0 unspecified atom stereocenters. The second-order valence-corrected chi connectivity index (χ2v) is 18.4. The number of nitrogens with zero attached hydrogens (tertiary/aromatic N) is 4. The van der Waals surface area contributed by atoms with Gasteiger partial charge in [-0.2, -0.15) is 11.8 Å². The first kappa shape index (κ1) is 43.4. The van der Waals surface area contributed by atoms with Crippen molar-refractivity contribution in [2.45, 2.75) is 121 Å². The molecule has 3 aliphatic rings. The average Bonchev–Trinajstić information content (AvgIpc) is 3.86. The number of carbonyl (C=O) groups excluding carboxylic acids is 3. The van der Waals surface area contributed by atoms with E-state index in [4.69, 9.17) is 30.8 Å². The van der Waals surface area contributed by atoms with Crippen molar-refractivity contribution in [1.29, 1.82) is 0 Å². The van der Waals surface area contributed by atoms with Gasteiger partial charge in [-0.15, -0.1) is 21.5 Å². The van der Waals surface area contributed by atoms with Crippen LogP contribution in [-0.4, -0.2) is 100 Å². The minimum atomic E-state index is -0.451. The summed E-state index contributed by atoms with van der Waals surface area (Å²) in [5.41, 5.74) is 3.88. The fraction of sp³-hybridized carbons (Fsp3) is 0.619. The second kappa shape index (κ2) is 20.7. The molecular weight excluding hydrogens is 784 g/mol. The predicted molar refractivity (Wildman–Crippen MR) is 227 cm³/mol. The summed E-state index contributed by atoms with van der Waals surface area (Å²) in [7, 11) is 0. The molecule has 0 aliphatic carbocycles. The zero-order valence-corrected chi connectivity index (χ0v) is 36.1. The van der Waals surface area contributed by atoms with Crippen molar-refractivity contribution in [2.75, 3.05) is 45.4 Å². The van der Waals surface area contributed by atoms with Gasteiger partial charge in [0.1, 0.15) is 28.4 Å². The maximum absolute atomic E-state index is 13.3. The van der Waals surface area contributed by atoms with Gasteiger partial charge in [0.15, 0.2) is 5.82 Å². The van der Waals surface area contributed by atoms with Crippen molar-refractivity contribution in [2.24, 2.45) is 4.99 Å². The van der Waals surface area contributed by atoms with Crippen molar-refractivity contribution >= 4 is 58.0 Å². The fourth-order valence-electron chi connectivity index (χ4n) is 7.77. The number of halogens is 1. The molecule has 6 rings (SSSR count). The molecule has 15 heteroatoms. The Kier molecular flexibility index (Phi) is 15.8. The quantitative estimate of drug-likeness (QED) is 0.0681. The highest BCUT2D eigenvalue weighted by Gasteiger charge is 2.51. The number of ketones is 2. The number of ether oxygens (including phenoxy) is 3. The third-order valence-corrected chi connectivity index (χ3v) is 14.2. The predicted octanol–water partition coefficient (Wildman–Crippen LogP) is 7.83. The highest BCUT2D eigenvalue weighted by molar-refractivity contribution is 8.00. The minimum Gasteiger partial charge on any atom is -0.379 e. The standard InChI is InChI=1S/C42H57ClN6O6S2/c1-27-28(2)57-40-36(27)37(30-15-17-31(43)18-16-30)44-34(39-48-47-29(3)49(39)40)25-33(51)13-8-10-20-54-22-24-55-23-21-53-19-9-7-12-32(50)11-5-6-14-35-38-42(4,26-56-35)46-41(52)45-38/h15-18,34-35,38H,5-14,19-26H2,1-4H3,(H2,45,46,52)/t34-,35-,38+,42-/m1/s1. The molecular formula is C42H57ClN6O6S2. The maximum Gasteiger partial charge on any atom is 0.315 e. The first-order chi connectivity index (χ1) is 27.5. The Morgan fingerprint density at radius 2 is 1.51 bits per heavy atom. The molecule has 310 valence electrons. The van der Waals surface area contributed by atoms with E-state index in [1.54, 1.807) is 11.3 Å². The number of Topliss-reactive ketones (excluding diaryl/α,β-unsaturated/α-hetero) is 2. The van der Waals surface area contributed by atoms with E-state index in [9.17, 15) is 14.4 Å². The molecule has 12 nitrogen and oxygen atoms in total. The molecule has 0 spiro atoms. The average molecular weight is 842 g/mol. The van der Waals surface area contributed by atoms with E-state index in [0.717, 1.165) is 83.9 Å². The van der Waals surface area contributed by atoms with Gasteiger partial charge in [0.2, 0.25) is 0 Å². The Morgan fingerprint density at radius 3 is 2.19 bits per heavy atom. The Labute approximate surface area is 349 Å². The normalized spacial score (nSPS) is 21.0. The van der Waals surface area contributed by atoms with Crippen molar-refractivity contribution < 1.29 is 28.6 Å². The van der Waals surface area contributed by atoms with Crippen LogP contribution in [0, 0.1) is 20.8 Å². The molecule has 4 atom stereocenters. The summed E-state index contributed by atoms with van der Waals surface area (Å²) in [6.07, 6.45) is 8.09. The number of unbranched alkanes of at least 4 members (excludes halogenated alkanes) is 3. The van der Waals surface area contributed by atoms with Gasteiger partial charge in [-0.05, 0) is 83.9 Å². The Morgan fingerprint density at radius 1 is 0.877 bits per heavy atom. The molecule has 0 saturated carbocycles. The monoisotopic (exact) mass is 840 g/mol. The van der Waals surface area contributed by atoms with E-state index >= 15 is 0 Å². The van der Waals surface area contributed by atoms with E-state index in [2.05, 4.69) is 46.2 Å². The number of thioether (sulfide) groups is 1. The van der Waals surface area contributed by atoms with Crippen LogP contribution in [-0.2, 0) is 23.8 Å². The lowest BCUT2D eigenvalue weighted by molar-refractivity contribution is -0.120. The number of nitrogens with one attached hydrogen (secondary N) is 2. The lowest BCUT2D eigenvalue weighted by Gasteiger charge is -2.23. The highest BCUT2D eigenvalue weighted by Crippen LogP contribution is 2.41. The Hall–Kier alpha value is -3.14. The van der Waals surface area contributed by atoms with E-state index in [1.165, 1.54) is 4.88 Å². The van der Waals surface area contributed by atoms with Crippen LogP contribution in [0.1, 0.15) is 117 Å². The van der Waals surface area contributed by atoms with Gasteiger partial charge in [0.25, 0.3) is 0 Å². The largest absolute Gasteiger partial charge is 0.379 e. The number of benzene rings is 1. The molecule has 57 heavy (non-hydrogen) atoms. The topological polar surface area (TPSA) is 146 Å². The number of thiophene rings is 1. The van der Waals surface area contributed by atoms with E-state index in [0.29, 0.717) is 80.8 Å². The number of aromatic nitrogens is 3. The SMILES string of the molecule is Cc1sc2c(c1C)C(c1ccc(Cl)cc1)=N[C@H](CC(=O)CCCCOCCOCCOCCCCC(=O)CCCC[C@H]1SC[C@@]3(C)NC(=O)N[C@@H]13)c1nnc(C)n1-2. The molecule has 0 radical (unpaired) electrons. The molecule has 2 fully saturated rings. The van der Waals surface area contributed by atoms with Crippen molar-refractivity contribution in [3.05, 3.63) is 62.5 Å². The summed E-state index contributed by atoms with van der Waals surface area (Å²) in [6.45, 7) is 11.5. The maximum atomic E-state index is 13.3. The van der Waals surface area contributed by atoms with Crippen molar-refractivity contribution in [1.82, 2.24) is 25.4 Å². The van der Waals surface area contributed by atoms with Gasteiger partial charge < -0.3 is 24.8 Å². The minimum absolute atomic E-state index is 0.0606. The number of amides is 2.